The fraction of sp³-hybridized carbons (Fsp3) is 0.273. The van der Waals surface area contributed by atoms with Gasteiger partial charge in [0.15, 0.2) is 0 Å². The molecular formula is C11H12ClN3O. The summed E-state index contributed by atoms with van der Waals surface area (Å²) in [4.78, 5) is 11.4. The van der Waals surface area contributed by atoms with Gasteiger partial charge < -0.3 is 10.6 Å². The molecule has 5 heteroatoms. The zero-order chi connectivity index (χ0) is 12.0. The first kappa shape index (κ1) is 12.5. The molecule has 4 nitrogen and oxygen atoms in total. The van der Waals surface area contributed by atoms with E-state index >= 15 is 0 Å². The smallest absolute Gasteiger partial charge is 0.225 e. The molecule has 0 spiro atoms. The average molecular weight is 238 g/mol. The van der Waals surface area contributed by atoms with Gasteiger partial charge in [-0.25, -0.2) is 0 Å². The van der Waals surface area contributed by atoms with Crippen molar-refractivity contribution in [3.05, 3.63) is 28.8 Å². The lowest BCUT2D eigenvalue weighted by atomic mass is 10.2. The molecule has 0 atom stereocenters. The van der Waals surface area contributed by atoms with E-state index in [0.29, 0.717) is 29.2 Å². The van der Waals surface area contributed by atoms with E-state index in [2.05, 4.69) is 10.6 Å². The van der Waals surface area contributed by atoms with Crippen molar-refractivity contribution in [1.82, 2.24) is 5.32 Å². The van der Waals surface area contributed by atoms with Gasteiger partial charge in [0.1, 0.15) is 0 Å². The predicted molar refractivity (Wildman–Crippen MR) is 63.3 cm³/mol. The normalized spacial score (nSPS) is 9.56. The van der Waals surface area contributed by atoms with Gasteiger partial charge in [-0.2, -0.15) is 5.26 Å². The second-order valence-corrected chi connectivity index (χ2v) is 3.62. The van der Waals surface area contributed by atoms with Crippen LogP contribution in [0.2, 0.25) is 5.02 Å². The number of benzene rings is 1. The number of hydrogen-bond donors (Lipinski definition) is 2. The number of nitrogens with one attached hydrogen (secondary N) is 2. The Balaban J connectivity index is 2.68. The molecule has 0 saturated carbocycles. The van der Waals surface area contributed by atoms with Crippen LogP contribution in [0.5, 0.6) is 0 Å². The highest BCUT2D eigenvalue weighted by Crippen LogP contribution is 2.22. The summed E-state index contributed by atoms with van der Waals surface area (Å²) in [7, 11) is 1.78. The van der Waals surface area contributed by atoms with Crippen molar-refractivity contribution < 1.29 is 4.79 Å². The van der Waals surface area contributed by atoms with Gasteiger partial charge in [0.05, 0.1) is 22.3 Å². The van der Waals surface area contributed by atoms with Gasteiger partial charge in [0.25, 0.3) is 0 Å². The van der Waals surface area contributed by atoms with Crippen LogP contribution in [0.3, 0.4) is 0 Å². The van der Waals surface area contributed by atoms with E-state index in [4.69, 9.17) is 16.9 Å². The van der Waals surface area contributed by atoms with Crippen LogP contribution in [-0.4, -0.2) is 19.5 Å². The molecule has 0 aromatic heterocycles. The molecule has 1 amide bonds. The van der Waals surface area contributed by atoms with Crippen molar-refractivity contribution in [2.24, 2.45) is 0 Å². The molecule has 0 heterocycles. The van der Waals surface area contributed by atoms with Crippen molar-refractivity contribution in [1.29, 1.82) is 5.26 Å². The Hall–Kier alpha value is -1.57. The summed E-state index contributed by atoms with van der Waals surface area (Å²) in [6, 6.07) is 6.73. The standard InChI is InChI=1S/C11H12ClN3O/c1-14-5-4-11(16)15-10-3-2-8(7-13)6-9(10)12/h2-3,6,14H,4-5H2,1H3,(H,15,16). The number of halogens is 1. The largest absolute Gasteiger partial charge is 0.325 e. The Bertz CT molecular complexity index is 426. The van der Waals surface area contributed by atoms with Gasteiger partial charge in [-0.15, -0.1) is 0 Å². The van der Waals surface area contributed by atoms with Crippen LogP contribution in [0.4, 0.5) is 5.69 Å². The maximum atomic E-state index is 11.4. The van der Waals surface area contributed by atoms with Gasteiger partial charge in [-0.3, -0.25) is 4.79 Å². The number of nitrogens with zero attached hydrogens (tertiary/aromatic N) is 1. The molecule has 0 fully saturated rings. The molecule has 84 valence electrons. The highest BCUT2D eigenvalue weighted by Gasteiger charge is 2.05. The highest BCUT2D eigenvalue weighted by atomic mass is 35.5. The Morgan fingerprint density at radius 2 is 2.31 bits per heavy atom. The van der Waals surface area contributed by atoms with Gasteiger partial charge in [0.2, 0.25) is 5.91 Å². The van der Waals surface area contributed by atoms with E-state index in [0.717, 1.165) is 0 Å². The highest BCUT2D eigenvalue weighted by molar-refractivity contribution is 6.33. The lowest BCUT2D eigenvalue weighted by Crippen LogP contribution is -2.18. The minimum Gasteiger partial charge on any atom is -0.325 e. The Labute approximate surface area is 99.2 Å². The Morgan fingerprint density at radius 3 is 2.88 bits per heavy atom. The summed E-state index contributed by atoms with van der Waals surface area (Å²) in [5.41, 5.74) is 1.000. The lowest BCUT2D eigenvalue weighted by molar-refractivity contribution is -0.116. The molecule has 0 aliphatic heterocycles. The lowest BCUT2D eigenvalue weighted by Gasteiger charge is -2.06. The number of amides is 1. The molecule has 16 heavy (non-hydrogen) atoms. The molecule has 1 aromatic rings. The van der Waals surface area contributed by atoms with Crippen LogP contribution in [0.1, 0.15) is 12.0 Å². The topological polar surface area (TPSA) is 64.9 Å². The molecule has 0 bridgehead atoms. The molecule has 0 aliphatic carbocycles. The molecule has 0 aliphatic rings. The van der Waals surface area contributed by atoms with Crippen LogP contribution < -0.4 is 10.6 Å². The van der Waals surface area contributed by atoms with Crippen molar-refractivity contribution >= 4 is 23.2 Å². The zero-order valence-corrected chi connectivity index (χ0v) is 9.64. The maximum absolute atomic E-state index is 11.4. The second kappa shape index (κ2) is 6.11. The Morgan fingerprint density at radius 1 is 1.56 bits per heavy atom. The monoisotopic (exact) mass is 237 g/mol. The first-order chi connectivity index (χ1) is 7.67. The van der Waals surface area contributed by atoms with Crippen molar-refractivity contribution in [3.8, 4) is 6.07 Å². The first-order valence-corrected chi connectivity index (χ1v) is 5.19. The molecular weight excluding hydrogens is 226 g/mol. The maximum Gasteiger partial charge on any atom is 0.225 e. The molecule has 0 saturated heterocycles. The molecule has 1 aromatic carbocycles. The van der Waals surface area contributed by atoms with Crippen LogP contribution in [0.25, 0.3) is 0 Å². The SMILES string of the molecule is CNCCC(=O)Nc1ccc(C#N)cc1Cl. The predicted octanol–water partition coefficient (Wildman–Crippen LogP) is 1.76. The van der Waals surface area contributed by atoms with Crippen LogP contribution in [0, 0.1) is 11.3 Å². The van der Waals surface area contributed by atoms with Crippen LogP contribution in [0.15, 0.2) is 18.2 Å². The quantitative estimate of drug-likeness (QED) is 0.839. The molecule has 0 unspecified atom stereocenters. The zero-order valence-electron chi connectivity index (χ0n) is 8.88. The van der Waals surface area contributed by atoms with Crippen molar-refractivity contribution in [2.75, 3.05) is 18.9 Å². The van der Waals surface area contributed by atoms with Gasteiger partial charge >= 0.3 is 0 Å². The molecule has 1 rings (SSSR count). The Kier molecular flexibility index (Phi) is 4.77. The summed E-state index contributed by atoms with van der Waals surface area (Å²) >= 11 is 5.90. The van der Waals surface area contributed by atoms with Gasteiger partial charge in [0, 0.05) is 13.0 Å². The number of anilines is 1. The fourth-order valence-electron chi connectivity index (χ4n) is 1.14. The first-order valence-electron chi connectivity index (χ1n) is 4.81. The third-order valence-corrected chi connectivity index (χ3v) is 2.29. The summed E-state index contributed by atoms with van der Waals surface area (Å²) in [5, 5.41) is 14.6. The van der Waals surface area contributed by atoms with Crippen molar-refractivity contribution in [3.63, 3.8) is 0 Å². The molecule has 2 N–H and O–H groups in total. The number of hydrogen-bond acceptors (Lipinski definition) is 3. The van der Waals surface area contributed by atoms with E-state index in [-0.39, 0.29) is 5.91 Å². The number of rotatable bonds is 4. The van der Waals surface area contributed by atoms with E-state index in [1.54, 1.807) is 19.2 Å². The third kappa shape index (κ3) is 3.54. The minimum atomic E-state index is -0.110. The summed E-state index contributed by atoms with van der Waals surface area (Å²) < 4.78 is 0. The van der Waals surface area contributed by atoms with Crippen LogP contribution in [-0.2, 0) is 4.79 Å². The van der Waals surface area contributed by atoms with E-state index < -0.39 is 0 Å². The number of carbonyl (C=O) groups is 1. The summed E-state index contributed by atoms with van der Waals surface area (Å²) in [5.74, 6) is -0.110. The van der Waals surface area contributed by atoms with E-state index in [1.165, 1.54) is 6.07 Å². The van der Waals surface area contributed by atoms with Crippen molar-refractivity contribution in [2.45, 2.75) is 6.42 Å². The van der Waals surface area contributed by atoms with Gasteiger partial charge in [-0.05, 0) is 25.2 Å². The van der Waals surface area contributed by atoms with E-state index in [9.17, 15) is 4.79 Å². The summed E-state index contributed by atoms with van der Waals surface area (Å²) in [6.07, 6.45) is 0.382. The second-order valence-electron chi connectivity index (χ2n) is 3.21. The van der Waals surface area contributed by atoms with Gasteiger partial charge in [-0.1, -0.05) is 11.6 Å². The number of nitriles is 1. The third-order valence-electron chi connectivity index (χ3n) is 1.97. The molecule has 0 radical (unpaired) electrons. The fourth-order valence-corrected chi connectivity index (χ4v) is 1.37. The van der Waals surface area contributed by atoms with Crippen LogP contribution >= 0.6 is 11.6 Å². The minimum absolute atomic E-state index is 0.110. The average Bonchev–Trinajstić information content (AvgIpc) is 2.29. The summed E-state index contributed by atoms with van der Waals surface area (Å²) in [6.45, 7) is 0.611. The number of carbonyl (C=O) groups excluding carboxylic acids is 1. The van der Waals surface area contributed by atoms with E-state index in [1.807, 2.05) is 6.07 Å².